The van der Waals surface area contributed by atoms with Crippen LogP contribution in [0.2, 0.25) is 0 Å². The molecule has 1 aliphatic heterocycles. The van der Waals surface area contributed by atoms with Crippen LogP contribution >= 0.6 is 0 Å². The summed E-state index contributed by atoms with van der Waals surface area (Å²) >= 11 is 0. The summed E-state index contributed by atoms with van der Waals surface area (Å²) in [6.07, 6.45) is 1.29. The predicted octanol–water partition coefficient (Wildman–Crippen LogP) is -0.842. The van der Waals surface area contributed by atoms with Gasteiger partial charge in [0.05, 0.1) is 19.4 Å². The van der Waals surface area contributed by atoms with Crippen LogP contribution < -0.4 is 16.3 Å². The van der Waals surface area contributed by atoms with Gasteiger partial charge in [0.15, 0.2) is 0 Å². The van der Waals surface area contributed by atoms with E-state index in [-0.39, 0.29) is 29.8 Å². The van der Waals surface area contributed by atoms with Crippen LogP contribution in [0.5, 0.6) is 0 Å². The molecule has 0 radical (unpaired) electrons. The number of rotatable bonds is 5. The number of aromatic nitrogens is 2. The van der Waals surface area contributed by atoms with Crippen LogP contribution in [0.15, 0.2) is 42.4 Å². The molecule has 0 atom stereocenters. The molecule has 0 bridgehead atoms. The number of hydrogen-bond donors (Lipinski definition) is 1. The van der Waals surface area contributed by atoms with E-state index in [2.05, 4.69) is 10.1 Å². The second-order valence-corrected chi connectivity index (χ2v) is 7.67. The minimum Gasteiger partial charge on any atom is -0.442 e. The van der Waals surface area contributed by atoms with Gasteiger partial charge in [-0.1, -0.05) is 0 Å². The van der Waals surface area contributed by atoms with Crippen molar-refractivity contribution in [2.24, 2.45) is 12.1 Å². The van der Waals surface area contributed by atoms with E-state index in [1.165, 1.54) is 47.8 Å². The van der Waals surface area contributed by atoms with Crippen LogP contribution in [0.4, 0.5) is 5.82 Å². The zero-order valence-electron chi connectivity index (χ0n) is 14.8. The highest BCUT2D eigenvalue weighted by molar-refractivity contribution is 7.89. The topological polar surface area (TPSA) is 130 Å². The van der Waals surface area contributed by atoms with Gasteiger partial charge in [0.1, 0.15) is 11.6 Å². The van der Waals surface area contributed by atoms with E-state index in [9.17, 15) is 18.0 Å². The van der Waals surface area contributed by atoms with Crippen LogP contribution in [0.1, 0.15) is 5.76 Å². The van der Waals surface area contributed by atoms with Gasteiger partial charge >= 0.3 is 5.69 Å². The number of nitrogens with zero attached hydrogens (tertiary/aromatic N) is 4. The summed E-state index contributed by atoms with van der Waals surface area (Å²) in [5.41, 5.74) is -1.05. The number of hydrogen-bond acceptors (Lipinski definition) is 8. The van der Waals surface area contributed by atoms with Crippen molar-refractivity contribution in [3.63, 3.8) is 0 Å². The first-order valence-corrected chi connectivity index (χ1v) is 9.49. The standard InChI is InChI=1S/C15H19N5O6S/c1-18-13(21)9-12(17-15(18)22)19(2)16-10-11-3-4-14(26-11)27(23,24)20-5-7-25-8-6-20/h3-4,9-10H,5-8H2,1-2H3,(H,17,22). The number of morpholine rings is 1. The number of aromatic amines is 1. The lowest BCUT2D eigenvalue weighted by molar-refractivity contribution is 0.0724. The normalized spacial score (nSPS) is 16.1. The van der Waals surface area contributed by atoms with Crippen LogP contribution in [-0.4, -0.2) is 61.8 Å². The van der Waals surface area contributed by atoms with Gasteiger partial charge in [0, 0.05) is 33.3 Å². The molecule has 0 saturated carbocycles. The Bertz CT molecular complexity index is 1030. The number of ether oxygens (including phenoxy) is 1. The summed E-state index contributed by atoms with van der Waals surface area (Å²) in [5.74, 6) is 0.395. The molecule has 12 heteroatoms. The van der Waals surface area contributed by atoms with Gasteiger partial charge in [-0.2, -0.15) is 9.41 Å². The minimum absolute atomic E-state index is 0.185. The molecule has 146 valence electrons. The molecule has 11 nitrogen and oxygen atoms in total. The van der Waals surface area contributed by atoms with Crippen molar-refractivity contribution < 1.29 is 17.6 Å². The number of furan rings is 1. The molecule has 27 heavy (non-hydrogen) atoms. The Morgan fingerprint density at radius 1 is 1.26 bits per heavy atom. The highest BCUT2D eigenvalue weighted by Gasteiger charge is 2.29. The molecular weight excluding hydrogens is 378 g/mol. The van der Waals surface area contributed by atoms with E-state index in [0.29, 0.717) is 13.2 Å². The maximum absolute atomic E-state index is 12.5. The van der Waals surface area contributed by atoms with E-state index >= 15 is 0 Å². The highest BCUT2D eigenvalue weighted by Crippen LogP contribution is 2.19. The largest absolute Gasteiger partial charge is 0.442 e. The highest BCUT2D eigenvalue weighted by atomic mass is 32.2. The molecule has 1 N–H and O–H groups in total. The zero-order chi connectivity index (χ0) is 19.6. The molecule has 0 aliphatic carbocycles. The number of anilines is 1. The molecule has 0 amide bonds. The third-order valence-corrected chi connectivity index (χ3v) is 5.78. The van der Waals surface area contributed by atoms with Gasteiger partial charge in [-0.05, 0) is 12.1 Å². The lowest BCUT2D eigenvalue weighted by Gasteiger charge is -2.24. The van der Waals surface area contributed by atoms with Gasteiger partial charge in [-0.15, -0.1) is 0 Å². The number of sulfonamides is 1. The first-order chi connectivity index (χ1) is 12.8. The van der Waals surface area contributed by atoms with Gasteiger partial charge in [0.25, 0.3) is 15.6 Å². The van der Waals surface area contributed by atoms with Gasteiger partial charge in [-0.25, -0.2) is 13.2 Å². The van der Waals surface area contributed by atoms with E-state index in [1.807, 2.05) is 0 Å². The Hall–Kier alpha value is -2.70. The van der Waals surface area contributed by atoms with Crippen molar-refractivity contribution in [1.82, 2.24) is 13.9 Å². The van der Waals surface area contributed by atoms with Crippen molar-refractivity contribution in [2.45, 2.75) is 5.09 Å². The van der Waals surface area contributed by atoms with E-state index in [0.717, 1.165) is 4.57 Å². The smallest absolute Gasteiger partial charge is 0.329 e. The Balaban J connectivity index is 1.77. The van der Waals surface area contributed by atoms with Crippen molar-refractivity contribution in [2.75, 3.05) is 38.4 Å². The SMILES string of the molecule is CN(N=Cc1ccc(S(=O)(=O)N2CCOCC2)o1)c1cc(=O)n(C)c(=O)[nH]1. The van der Waals surface area contributed by atoms with Crippen LogP contribution in [0.25, 0.3) is 0 Å². The molecule has 3 rings (SSSR count). The second kappa shape index (κ2) is 7.50. The quantitative estimate of drug-likeness (QED) is 0.514. The van der Waals surface area contributed by atoms with E-state index in [4.69, 9.17) is 9.15 Å². The van der Waals surface area contributed by atoms with Crippen molar-refractivity contribution in [1.29, 1.82) is 0 Å². The molecule has 0 aromatic carbocycles. The van der Waals surface area contributed by atoms with Crippen LogP contribution in [-0.2, 0) is 21.8 Å². The zero-order valence-corrected chi connectivity index (χ0v) is 15.6. The Morgan fingerprint density at radius 2 is 1.96 bits per heavy atom. The fourth-order valence-corrected chi connectivity index (χ4v) is 3.71. The first-order valence-electron chi connectivity index (χ1n) is 8.05. The monoisotopic (exact) mass is 397 g/mol. The molecule has 0 spiro atoms. The lowest BCUT2D eigenvalue weighted by Crippen LogP contribution is -2.40. The Kier molecular flexibility index (Phi) is 5.30. The van der Waals surface area contributed by atoms with Crippen LogP contribution in [0.3, 0.4) is 0 Å². The molecule has 1 aliphatic rings. The van der Waals surface area contributed by atoms with Crippen molar-refractivity contribution in [3.8, 4) is 0 Å². The summed E-state index contributed by atoms with van der Waals surface area (Å²) in [5, 5.41) is 5.13. The van der Waals surface area contributed by atoms with Crippen molar-refractivity contribution in [3.05, 3.63) is 44.8 Å². The number of nitrogens with one attached hydrogen (secondary N) is 1. The summed E-state index contributed by atoms with van der Waals surface area (Å²) in [4.78, 5) is 25.8. The van der Waals surface area contributed by atoms with Crippen LogP contribution in [0, 0.1) is 0 Å². The summed E-state index contributed by atoms with van der Waals surface area (Å²) in [6.45, 7) is 1.22. The van der Waals surface area contributed by atoms with Gasteiger partial charge in [-0.3, -0.25) is 19.4 Å². The Morgan fingerprint density at radius 3 is 2.63 bits per heavy atom. The molecular formula is C15H19N5O6S. The maximum atomic E-state index is 12.5. The molecule has 3 heterocycles. The third kappa shape index (κ3) is 4.02. The average Bonchev–Trinajstić information content (AvgIpc) is 3.14. The molecule has 0 unspecified atom stereocenters. The molecule has 1 fully saturated rings. The summed E-state index contributed by atoms with van der Waals surface area (Å²) in [7, 11) is -0.850. The Labute approximate surface area is 154 Å². The molecule has 2 aromatic heterocycles. The lowest BCUT2D eigenvalue weighted by atomic mass is 10.5. The van der Waals surface area contributed by atoms with Crippen molar-refractivity contribution >= 4 is 22.1 Å². The predicted molar refractivity (Wildman–Crippen MR) is 96.6 cm³/mol. The fraction of sp³-hybridized carbons (Fsp3) is 0.400. The summed E-state index contributed by atoms with van der Waals surface area (Å²) < 4.78 is 37.8. The second-order valence-electron chi connectivity index (χ2n) is 5.80. The van der Waals surface area contributed by atoms with E-state index in [1.54, 1.807) is 0 Å². The molecule has 2 aromatic rings. The minimum atomic E-state index is -3.73. The fourth-order valence-electron chi connectivity index (χ4n) is 2.38. The third-order valence-electron chi connectivity index (χ3n) is 4.00. The van der Waals surface area contributed by atoms with Gasteiger partial charge in [0.2, 0.25) is 5.09 Å². The number of hydrazone groups is 1. The van der Waals surface area contributed by atoms with E-state index < -0.39 is 21.3 Å². The first kappa shape index (κ1) is 19.1. The van der Waals surface area contributed by atoms with Gasteiger partial charge < -0.3 is 9.15 Å². The summed E-state index contributed by atoms with van der Waals surface area (Å²) in [6, 6.07) is 4.04. The average molecular weight is 397 g/mol. The number of H-pyrrole nitrogens is 1. The maximum Gasteiger partial charge on any atom is 0.329 e. The molecule has 1 saturated heterocycles.